The van der Waals surface area contributed by atoms with Crippen LogP contribution in [0.1, 0.15) is 50.4 Å². The minimum absolute atomic E-state index is 0.277. The lowest BCUT2D eigenvalue weighted by Crippen LogP contribution is -2.35. The molecule has 0 saturated heterocycles. The van der Waals surface area contributed by atoms with Gasteiger partial charge in [-0.3, -0.25) is 0 Å². The second-order valence-electron chi connectivity index (χ2n) is 9.22. The number of benzene rings is 2. The van der Waals surface area contributed by atoms with Crippen molar-refractivity contribution in [3.8, 4) is 11.5 Å². The Balaban J connectivity index is 1.92. The van der Waals surface area contributed by atoms with Crippen molar-refractivity contribution in [2.24, 2.45) is 0 Å². The summed E-state index contributed by atoms with van der Waals surface area (Å²) >= 11 is 6.42. The summed E-state index contributed by atoms with van der Waals surface area (Å²) in [5.74, 6) is 2.28. The Bertz CT molecular complexity index is 1090. The van der Waals surface area contributed by atoms with Crippen molar-refractivity contribution in [2.75, 3.05) is 19.1 Å². The summed E-state index contributed by atoms with van der Waals surface area (Å²) in [7, 11) is 2.04. The number of anilines is 1. The molecule has 0 aliphatic rings. The van der Waals surface area contributed by atoms with Gasteiger partial charge in [-0.2, -0.15) is 0 Å². The SMILES string of the molecule is COc1ccc(CN(Cc2ccc(OC)cc2)c2cc([C@H](C)NS(=O)C(C)(C)C)c(Cl)nn2)cc1. The van der Waals surface area contributed by atoms with Crippen molar-refractivity contribution in [1.29, 1.82) is 0 Å². The van der Waals surface area contributed by atoms with E-state index in [0.29, 0.717) is 18.9 Å². The zero-order valence-corrected chi connectivity index (χ0v) is 22.6. The van der Waals surface area contributed by atoms with Gasteiger partial charge in [0, 0.05) is 24.7 Å². The van der Waals surface area contributed by atoms with Crippen LogP contribution in [-0.2, 0) is 24.1 Å². The molecule has 2 aromatic carbocycles. The predicted octanol–water partition coefficient (Wildman–Crippen LogP) is 5.47. The van der Waals surface area contributed by atoms with Gasteiger partial charge in [-0.15, -0.1) is 10.2 Å². The third-order valence-corrected chi connectivity index (χ3v) is 7.43. The Morgan fingerprint density at radius 3 is 1.86 bits per heavy atom. The van der Waals surface area contributed by atoms with Gasteiger partial charge in [-0.1, -0.05) is 35.9 Å². The summed E-state index contributed by atoms with van der Waals surface area (Å²) in [4.78, 5) is 2.13. The third kappa shape index (κ3) is 7.40. The summed E-state index contributed by atoms with van der Waals surface area (Å²) in [5.41, 5.74) is 2.93. The first-order valence-corrected chi connectivity index (χ1v) is 12.9. The average Bonchev–Trinajstić information content (AvgIpc) is 2.84. The predicted molar refractivity (Wildman–Crippen MR) is 142 cm³/mol. The molecule has 0 spiro atoms. The number of methoxy groups -OCH3 is 2. The lowest BCUT2D eigenvalue weighted by Gasteiger charge is -2.26. The lowest BCUT2D eigenvalue weighted by atomic mass is 10.1. The molecule has 7 nitrogen and oxygen atoms in total. The molecule has 0 aliphatic carbocycles. The molecular weight excluding hydrogens is 484 g/mol. The van der Waals surface area contributed by atoms with Gasteiger partial charge < -0.3 is 14.4 Å². The molecule has 2 atom stereocenters. The Labute approximate surface area is 215 Å². The molecule has 3 rings (SSSR count). The van der Waals surface area contributed by atoms with Crippen LogP contribution < -0.4 is 19.1 Å². The molecule has 1 heterocycles. The second kappa shape index (κ2) is 11.8. The number of nitrogens with zero attached hydrogens (tertiary/aromatic N) is 3. The quantitative estimate of drug-likeness (QED) is 0.385. The summed E-state index contributed by atoms with van der Waals surface area (Å²) in [5, 5.41) is 8.91. The minimum Gasteiger partial charge on any atom is -0.497 e. The van der Waals surface area contributed by atoms with Crippen LogP contribution in [0.15, 0.2) is 54.6 Å². The summed E-state index contributed by atoms with van der Waals surface area (Å²) < 4.78 is 26.0. The Morgan fingerprint density at radius 2 is 1.43 bits per heavy atom. The second-order valence-corrected chi connectivity index (χ2v) is 11.6. The minimum atomic E-state index is -1.26. The zero-order valence-electron chi connectivity index (χ0n) is 21.0. The maximum atomic E-state index is 12.7. The van der Waals surface area contributed by atoms with Crippen molar-refractivity contribution in [3.05, 3.63) is 76.4 Å². The van der Waals surface area contributed by atoms with E-state index in [1.165, 1.54) is 0 Å². The van der Waals surface area contributed by atoms with E-state index in [1.807, 2.05) is 82.3 Å². The van der Waals surface area contributed by atoms with Crippen LogP contribution >= 0.6 is 11.6 Å². The van der Waals surface area contributed by atoms with Gasteiger partial charge in [0.2, 0.25) is 0 Å². The van der Waals surface area contributed by atoms with E-state index in [4.69, 9.17) is 21.1 Å². The van der Waals surface area contributed by atoms with Crippen molar-refractivity contribution in [3.63, 3.8) is 0 Å². The van der Waals surface area contributed by atoms with E-state index in [-0.39, 0.29) is 11.2 Å². The Hall–Kier alpha value is -2.68. The highest BCUT2D eigenvalue weighted by Gasteiger charge is 2.24. The molecule has 1 aromatic heterocycles. The fourth-order valence-electron chi connectivity index (χ4n) is 3.36. The molecule has 1 N–H and O–H groups in total. The molecule has 0 saturated carbocycles. The molecule has 0 amide bonds. The fraction of sp³-hybridized carbons (Fsp3) is 0.385. The normalized spacial score (nSPS) is 13.2. The molecular formula is C26H33ClN4O3S. The van der Waals surface area contributed by atoms with E-state index in [2.05, 4.69) is 19.8 Å². The number of rotatable bonds is 10. The highest BCUT2D eigenvalue weighted by Crippen LogP contribution is 2.28. The lowest BCUT2D eigenvalue weighted by molar-refractivity contribution is 0.414. The van der Waals surface area contributed by atoms with Gasteiger partial charge in [0.1, 0.15) is 11.5 Å². The number of hydrogen-bond donors (Lipinski definition) is 1. The largest absolute Gasteiger partial charge is 0.497 e. The van der Waals surface area contributed by atoms with Crippen molar-refractivity contribution in [2.45, 2.75) is 51.6 Å². The summed E-state index contributed by atoms with van der Waals surface area (Å²) in [6.07, 6.45) is 0. The first kappa shape index (κ1) is 26.9. The highest BCUT2D eigenvalue weighted by molar-refractivity contribution is 7.84. The van der Waals surface area contributed by atoms with Crippen LogP contribution in [0.2, 0.25) is 5.15 Å². The topological polar surface area (TPSA) is 76.6 Å². The van der Waals surface area contributed by atoms with E-state index in [0.717, 1.165) is 28.2 Å². The van der Waals surface area contributed by atoms with Gasteiger partial charge in [-0.05, 0) is 69.2 Å². The van der Waals surface area contributed by atoms with Gasteiger partial charge in [0.15, 0.2) is 11.0 Å². The number of ether oxygens (including phenoxy) is 2. The molecule has 0 bridgehead atoms. The summed E-state index contributed by atoms with van der Waals surface area (Å²) in [6, 6.07) is 17.5. The van der Waals surface area contributed by atoms with Crippen molar-refractivity contribution in [1.82, 2.24) is 14.9 Å². The number of nitrogens with one attached hydrogen (secondary N) is 1. The maximum Gasteiger partial charge on any atom is 0.156 e. The van der Waals surface area contributed by atoms with Crippen molar-refractivity contribution < 1.29 is 13.7 Å². The number of aromatic nitrogens is 2. The van der Waals surface area contributed by atoms with E-state index < -0.39 is 15.7 Å². The smallest absolute Gasteiger partial charge is 0.156 e. The number of halogens is 1. The molecule has 0 radical (unpaired) electrons. The van der Waals surface area contributed by atoms with Gasteiger partial charge in [0.25, 0.3) is 0 Å². The van der Waals surface area contributed by atoms with Gasteiger partial charge >= 0.3 is 0 Å². The Kier molecular flexibility index (Phi) is 9.10. The van der Waals surface area contributed by atoms with Crippen LogP contribution in [0.5, 0.6) is 11.5 Å². The van der Waals surface area contributed by atoms with Crippen molar-refractivity contribution >= 4 is 28.4 Å². The first-order valence-electron chi connectivity index (χ1n) is 11.3. The number of hydrogen-bond acceptors (Lipinski definition) is 6. The first-order chi connectivity index (χ1) is 16.6. The molecule has 0 aliphatic heterocycles. The fourth-order valence-corrected chi connectivity index (χ4v) is 4.42. The average molecular weight is 517 g/mol. The van der Waals surface area contributed by atoms with E-state index in [1.54, 1.807) is 14.2 Å². The molecule has 35 heavy (non-hydrogen) atoms. The van der Waals surface area contributed by atoms with Crippen LogP contribution in [0.25, 0.3) is 0 Å². The van der Waals surface area contributed by atoms with E-state index in [9.17, 15) is 4.21 Å². The maximum absolute atomic E-state index is 12.7. The summed E-state index contributed by atoms with van der Waals surface area (Å²) in [6.45, 7) is 8.89. The molecule has 9 heteroatoms. The van der Waals surface area contributed by atoms with Crippen LogP contribution in [0, 0.1) is 0 Å². The van der Waals surface area contributed by atoms with Gasteiger partial charge in [0.05, 0.1) is 30.0 Å². The standard InChI is InChI=1S/C26H33ClN4O3S/c1-18(30-35(32)26(2,3)4)23-15-24(28-29-25(23)27)31(16-19-7-11-21(33-5)12-8-19)17-20-9-13-22(34-6)14-10-20/h7-15,18,30H,16-17H2,1-6H3/t18-,35?/m0/s1. The molecule has 188 valence electrons. The third-order valence-electron chi connectivity index (χ3n) is 5.46. The van der Waals surface area contributed by atoms with E-state index >= 15 is 0 Å². The van der Waals surface area contributed by atoms with Crippen LogP contribution in [0.3, 0.4) is 0 Å². The molecule has 3 aromatic rings. The Morgan fingerprint density at radius 1 is 0.943 bits per heavy atom. The van der Waals surface area contributed by atoms with Crippen LogP contribution in [0.4, 0.5) is 5.82 Å². The zero-order chi connectivity index (χ0) is 25.6. The van der Waals surface area contributed by atoms with Gasteiger partial charge in [-0.25, -0.2) is 8.93 Å². The van der Waals surface area contributed by atoms with Crippen LogP contribution in [-0.4, -0.2) is 33.4 Å². The monoisotopic (exact) mass is 516 g/mol. The molecule has 1 unspecified atom stereocenters. The molecule has 0 fully saturated rings. The highest BCUT2D eigenvalue weighted by atomic mass is 35.5.